The molecule has 0 amide bonds. The monoisotopic (exact) mass is 288 g/mol. The number of hydrogen-bond donors (Lipinski definition) is 0. The van der Waals surface area contributed by atoms with Crippen molar-refractivity contribution in [1.82, 2.24) is 9.97 Å². The average molecular weight is 289 g/mol. The van der Waals surface area contributed by atoms with Gasteiger partial charge in [-0.3, -0.25) is 0 Å². The molecule has 1 heterocycles. The molecule has 19 heavy (non-hydrogen) atoms. The van der Waals surface area contributed by atoms with E-state index in [-0.39, 0.29) is 0 Å². The van der Waals surface area contributed by atoms with Crippen LogP contribution in [0.4, 0.5) is 0 Å². The van der Waals surface area contributed by atoms with Gasteiger partial charge in [-0.15, -0.1) is 0 Å². The van der Waals surface area contributed by atoms with Crippen LogP contribution in [0.1, 0.15) is 5.56 Å². The standard InChI is InChI=1S/C15H10Cl2N2/c1-9-10(6-4-7-12(9)16)15-18-13-8-3-2-5-11(13)14(17)19-15/h2-8H,1H3. The molecule has 0 atom stereocenters. The Morgan fingerprint density at radius 2 is 1.68 bits per heavy atom. The van der Waals surface area contributed by atoms with E-state index in [1.54, 1.807) is 0 Å². The number of rotatable bonds is 1. The minimum absolute atomic E-state index is 0.458. The van der Waals surface area contributed by atoms with Gasteiger partial charge in [-0.2, -0.15) is 0 Å². The van der Waals surface area contributed by atoms with E-state index in [2.05, 4.69) is 9.97 Å². The summed E-state index contributed by atoms with van der Waals surface area (Å²) in [5.41, 5.74) is 2.69. The van der Waals surface area contributed by atoms with E-state index in [1.165, 1.54) is 0 Å². The first-order valence-electron chi connectivity index (χ1n) is 5.84. The summed E-state index contributed by atoms with van der Waals surface area (Å²) >= 11 is 12.4. The lowest BCUT2D eigenvalue weighted by atomic mass is 10.1. The zero-order valence-corrected chi connectivity index (χ0v) is 11.7. The number of nitrogens with zero attached hydrogens (tertiary/aromatic N) is 2. The Bertz CT molecular complexity index is 769. The van der Waals surface area contributed by atoms with E-state index < -0.39 is 0 Å². The summed E-state index contributed by atoms with van der Waals surface area (Å²) in [6.07, 6.45) is 0. The van der Waals surface area contributed by atoms with Gasteiger partial charge in [0.15, 0.2) is 5.82 Å². The van der Waals surface area contributed by atoms with E-state index in [1.807, 2.05) is 49.4 Å². The topological polar surface area (TPSA) is 25.8 Å². The molecule has 0 aliphatic rings. The van der Waals surface area contributed by atoms with Gasteiger partial charge in [0.1, 0.15) is 5.15 Å². The van der Waals surface area contributed by atoms with Crippen LogP contribution in [0.5, 0.6) is 0 Å². The minimum atomic E-state index is 0.458. The molecule has 2 nitrogen and oxygen atoms in total. The van der Waals surface area contributed by atoms with Gasteiger partial charge in [-0.1, -0.05) is 47.5 Å². The molecule has 0 aliphatic carbocycles. The summed E-state index contributed by atoms with van der Waals surface area (Å²) < 4.78 is 0. The molecule has 1 aromatic heterocycles. The van der Waals surface area contributed by atoms with E-state index in [0.717, 1.165) is 22.0 Å². The maximum atomic E-state index is 6.22. The van der Waals surface area contributed by atoms with Crippen molar-refractivity contribution in [2.45, 2.75) is 6.92 Å². The van der Waals surface area contributed by atoms with Crippen LogP contribution in [-0.2, 0) is 0 Å². The van der Waals surface area contributed by atoms with Crippen molar-refractivity contribution in [2.24, 2.45) is 0 Å². The van der Waals surface area contributed by atoms with E-state index in [9.17, 15) is 0 Å². The fourth-order valence-electron chi connectivity index (χ4n) is 2.01. The molecule has 2 aromatic carbocycles. The molecule has 0 bridgehead atoms. The third-order valence-corrected chi connectivity index (χ3v) is 3.76. The smallest absolute Gasteiger partial charge is 0.161 e. The van der Waals surface area contributed by atoms with Crippen LogP contribution < -0.4 is 0 Å². The largest absolute Gasteiger partial charge is 0.228 e. The lowest BCUT2D eigenvalue weighted by molar-refractivity contribution is 1.21. The fourth-order valence-corrected chi connectivity index (χ4v) is 2.42. The van der Waals surface area contributed by atoms with Gasteiger partial charge in [0, 0.05) is 16.0 Å². The molecule has 0 unspecified atom stereocenters. The Labute approximate surface area is 121 Å². The Balaban J connectivity index is 2.29. The first kappa shape index (κ1) is 12.4. The zero-order valence-electron chi connectivity index (χ0n) is 10.2. The van der Waals surface area contributed by atoms with Gasteiger partial charge in [0.25, 0.3) is 0 Å². The molecule has 0 radical (unpaired) electrons. The van der Waals surface area contributed by atoms with Crippen molar-refractivity contribution < 1.29 is 0 Å². The molecule has 4 heteroatoms. The van der Waals surface area contributed by atoms with Crippen LogP contribution in [0.15, 0.2) is 42.5 Å². The van der Waals surface area contributed by atoms with Gasteiger partial charge >= 0.3 is 0 Å². The first-order valence-corrected chi connectivity index (χ1v) is 6.60. The van der Waals surface area contributed by atoms with E-state index >= 15 is 0 Å². The number of halogens is 2. The van der Waals surface area contributed by atoms with Crippen LogP contribution >= 0.6 is 23.2 Å². The molecule has 0 fully saturated rings. The average Bonchev–Trinajstić information content (AvgIpc) is 2.42. The van der Waals surface area contributed by atoms with Gasteiger partial charge in [0.2, 0.25) is 0 Å². The van der Waals surface area contributed by atoms with Crippen molar-refractivity contribution in [2.75, 3.05) is 0 Å². The molecule has 94 valence electrons. The Hall–Kier alpha value is -1.64. The predicted octanol–water partition coefficient (Wildman–Crippen LogP) is 4.91. The van der Waals surface area contributed by atoms with Crippen LogP contribution in [-0.4, -0.2) is 9.97 Å². The predicted molar refractivity (Wildman–Crippen MR) is 79.7 cm³/mol. The molecular formula is C15H10Cl2N2. The molecule has 3 rings (SSSR count). The number of para-hydroxylation sites is 1. The third kappa shape index (κ3) is 2.18. The van der Waals surface area contributed by atoms with Crippen molar-refractivity contribution >= 4 is 34.1 Å². The lowest BCUT2D eigenvalue weighted by Crippen LogP contribution is -1.94. The van der Waals surface area contributed by atoms with Crippen molar-refractivity contribution in [1.29, 1.82) is 0 Å². The highest BCUT2D eigenvalue weighted by atomic mass is 35.5. The van der Waals surface area contributed by atoms with Crippen LogP contribution in [0.2, 0.25) is 10.2 Å². The number of fused-ring (bicyclic) bond motifs is 1. The van der Waals surface area contributed by atoms with Gasteiger partial charge in [0.05, 0.1) is 5.52 Å². The molecule has 3 aromatic rings. The zero-order chi connectivity index (χ0) is 13.4. The fraction of sp³-hybridized carbons (Fsp3) is 0.0667. The SMILES string of the molecule is Cc1c(Cl)cccc1-c1nc(Cl)c2ccccc2n1. The summed E-state index contributed by atoms with van der Waals surface area (Å²) in [5.74, 6) is 0.601. The summed E-state index contributed by atoms with van der Waals surface area (Å²) in [7, 11) is 0. The second-order valence-corrected chi connectivity index (χ2v) is 5.03. The van der Waals surface area contributed by atoms with Crippen molar-refractivity contribution in [3.05, 3.63) is 58.2 Å². The maximum Gasteiger partial charge on any atom is 0.161 e. The third-order valence-electron chi connectivity index (χ3n) is 3.07. The minimum Gasteiger partial charge on any atom is -0.228 e. The second-order valence-electron chi connectivity index (χ2n) is 4.27. The molecule has 0 saturated carbocycles. The Morgan fingerprint density at radius 3 is 2.53 bits per heavy atom. The maximum absolute atomic E-state index is 6.22. The highest BCUT2D eigenvalue weighted by Crippen LogP contribution is 2.29. The highest BCUT2D eigenvalue weighted by molar-refractivity contribution is 6.34. The van der Waals surface area contributed by atoms with E-state index in [0.29, 0.717) is 16.0 Å². The quantitative estimate of drug-likeness (QED) is 0.595. The summed E-state index contributed by atoms with van der Waals surface area (Å²) in [4.78, 5) is 8.92. The number of hydrogen-bond acceptors (Lipinski definition) is 2. The second kappa shape index (κ2) is 4.80. The Kier molecular flexibility index (Phi) is 3.13. The van der Waals surface area contributed by atoms with Crippen LogP contribution in [0.3, 0.4) is 0 Å². The molecular weight excluding hydrogens is 279 g/mol. The molecule has 0 spiro atoms. The van der Waals surface area contributed by atoms with Crippen LogP contribution in [0.25, 0.3) is 22.3 Å². The van der Waals surface area contributed by atoms with Crippen molar-refractivity contribution in [3.8, 4) is 11.4 Å². The summed E-state index contributed by atoms with van der Waals surface area (Å²) in [6, 6.07) is 13.4. The molecule has 0 aliphatic heterocycles. The van der Waals surface area contributed by atoms with E-state index in [4.69, 9.17) is 23.2 Å². The molecule has 0 N–H and O–H groups in total. The lowest BCUT2D eigenvalue weighted by Gasteiger charge is -2.08. The number of aromatic nitrogens is 2. The van der Waals surface area contributed by atoms with Crippen molar-refractivity contribution in [3.63, 3.8) is 0 Å². The summed E-state index contributed by atoms with van der Waals surface area (Å²) in [6.45, 7) is 1.95. The first-order chi connectivity index (χ1) is 9.16. The number of benzene rings is 2. The Morgan fingerprint density at radius 1 is 0.895 bits per heavy atom. The van der Waals surface area contributed by atoms with Gasteiger partial charge in [-0.05, 0) is 30.7 Å². The normalized spacial score (nSPS) is 10.9. The summed E-state index contributed by atoms with van der Waals surface area (Å²) in [5, 5.41) is 2.01. The molecule has 0 saturated heterocycles. The highest BCUT2D eigenvalue weighted by Gasteiger charge is 2.10. The van der Waals surface area contributed by atoms with Gasteiger partial charge in [-0.25, -0.2) is 9.97 Å². The van der Waals surface area contributed by atoms with Crippen LogP contribution in [0, 0.1) is 6.92 Å². The van der Waals surface area contributed by atoms with Gasteiger partial charge < -0.3 is 0 Å².